The summed E-state index contributed by atoms with van der Waals surface area (Å²) in [6.45, 7) is 3.21. The number of carbonyl (C=O) groups excluding carboxylic acids is 3. The van der Waals surface area contributed by atoms with Crippen molar-refractivity contribution in [2.24, 2.45) is 5.92 Å². The van der Waals surface area contributed by atoms with Crippen LogP contribution in [0.3, 0.4) is 0 Å². The average molecular weight is 538 g/mol. The molecule has 4 rings (SSSR count). The number of nitrogens with zero attached hydrogens (tertiary/aromatic N) is 3. The van der Waals surface area contributed by atoms with E-state index in [1.807, 2.05) is 18.2 Å². The highest BCUT2D eigenvalue weighted by molar-refractivity contribution is 7.15. The van der Waals surface area contributed by atoms with Crippen molar-refractivity contribution in [2.75, 3.05) is 37.9 Å². The van der Waals surface area contributed by atoms with Crippen molar-refractivity contribution in [3.63, 3.8) is 0 Å². The largest absolute Gasteiger partial charge is 0.493 e. The van der Waals surface area contributed by atoms with Crippen molar-refractivity contribution in [3.05, 3.63) is 58.6 Å². The predicted octanol–water partition coefficient (Wildman–Crippen LogP) is 3.99. The summed E-state index contributed by atoms with van der Waals surface area (Å²) in [5, 5.41) is 15.0. The number of nitrogens with one attached hydrogen (secondary N) is 2. The molecule has 0 saturated carbocycles. The van der Waals surface area contributed by atoms with Gasteiger partial charge in [0.05, 0.1) is 20.1 Å². The molecule has 38 heavy (non-hydrogen) atoms. The first-order valence-corrected chi connectivity index (χ1v) is 13.2. The van der Waals surface area contributed by atoms with E-state index in [2.05, 4.69) is 27.8 Å². The second-order valence-corrected chi connectivity index (χ2v) is 10.0. The predicted molar refractivity (Wildman–Crippen MR) is 145 cm³/mol. The molecule has 0 radical (unpaired) electrons. The van der Waals surface area contributed by atoms with E-state index in [-0.39, 0.29) is 30.1 Å². The zero-order valence-corrected chi connectivity index (χ0v) is 22.5. The molecule has 3 aromatic rings. The summed E-state index contributed by atoms with van der Waals surface area (Å²) in [6.07, 6.45) is 2.69. The summed E-state index contributed by atoms with van der Waals surface area (Å²) in [5.41, 5.74) is 1.96. The Hall–Kier alpha value is -3.99. The Labute approximate surface area is 225 Å². The molecule has 2 aromatic carbocycles. The molecule has 3 amide bonds. The van der Waals surface area contributed by atoms with Gasteiger partial charge in [0.25, 0.3) is 5.91 Å². The molecular formula is C27H31N5O5S. The summed E-state index contributed by atoms with van der Waals surface area (Å²) in [6, 6.07) is 12.2. The zero-order valence-electron chi connectivity index (χ0n) is 21.7. The lowest BCUT2D eigenvalue weighted by molar-refractivity contribution is -0.128. The minimum absolute atomic E-state index is 0.0224. The fourth-order valence-corrected chi connectivity index (χ4v) is 4.94. The quantitative estimate of drug-likeness (QED) is 0.379. The fourth-order valence-electron chi connectivity index (χ4n) is 4.17. The number of benzene rings is 2. The Balaban J connectivity index is 1.30. The van der Waals surface area contributed by atoms with Gasteiger partial charge < -0.3 is 19.7 Å². The second-order valence-electron chi connectivity index (χ2n) is 8.98. The van der Waals surface area contributed by atoms with Crippen LogP contribution in [0.4, 0.5) is 10.8 Å². The summed E-state index contributed by atoms with van der Waals surface area (Å²) in [5.74, 6) is 0.417. The molecule has 1 saturated heterocycles. The number of methoxy groups -OCH3 is 2. The maximum Gasteiger partial charge on any atom is 0.257 e. The lowest BCUT2D eigenvalue weighted by Gasteiger charge is -2.16. The molecule has 1 aromatic heterocycles. The van der Waals surface area contributed by atoms with Crippen LogP contribution in [0, 0.1) is 5.92 Å². The number of ether oxygens (including phenoxy) is 2. The third kappa shape index (κ3) is 6.65. The van der Waals surface area contributed by atoms with Crippen LogP contribution >= 0.6 is 11.3 Å². The summed E-state index contributed by atoms with van der Waals surface area (Å²) in [4.78, 5) is 39.2. The van der Waals surface area contributed by atoms with Crippen molar-refractivity contribution in [2.45, 2.75) is 32.6 Å². The number of carbonyl (C=O) groups is 3. The molecule has 1 aliphatic rings. The van der Waals surface area contributed by atoms with Gasteiger partial charge in [0, 0.05) is 37.2 Å². The molecule has 0 aliphatic carbocycles. The van der Waals surface area contributed by atoms with Crippen molar-refractivity contribution in [1.29, 1.82) is 0 Å². The van der Waals surface area contributed by atoms with E-state index in [4.69, 9.17) is 9.47 Å². The van der Waals surface area contributed by atoms with E-state index >= 15 is 0 Å². The van der Waals surface area contributed by atoms with Gasteiger partial charge in [-0.25, -0.2) is 0 Å². The molecule has 1 aliphatic heterocycles. The molecule has 0 bridgehead atoms. The number of rotatable bonds is 11. The van der Waals surface area contributed by atoms with Gasteiger partial charge >= 0.3 is 0 Å². The molecule has 1 unspecified atom stereocenters. The molecule has 1 atom stereocenters. The van der Waals surface area contributed by atoms with Crippen molar-refractivity contribution >= 4 is 39.9 Å². The van der Waals surface area contributed by atoms with E-state index in [1.54, 1.807) is 43.4 Å². The molecule has 200 valence electrons. The Kier molecular flexibility index (Phi) is 8.90. The van der Waals surface area contributed by atoms with Gasteiger partial charge in [0.2, 0.25) is 16.9 Å². The molecule has 0 spiro atoms. The fraction of sp³-hybridized carbons (Fsp3) is 0.370. The first kappa shape index (κ1) is 27.1. The van der Waals surface area contributed by atoms with E-state index in [0.717, 1.165) is 23.4 Å². The van der Waals surface area contributed by atoms with Gasteiger partial charge in [0.15, 0.2) is 11.5 Å². The second kappa shape index (κ2) is 12.5. The van der Waals surface area contributed by atoms with Gasteiger partial charge in [0.1, 0.15) is 5.01 Å². The van der Waals surface area contributed by atoms with Gasteiger partial charge in [-0.3, -0.25) is 19.7 Å². The first-order chi connectivity index (χ1) is 18.4. The van der Waals surface area contributed by atoms with Crippen LogP contribution < -0.4 is 20.1 Å². The van der Waals surface area contributed by atoms with E-state index < -0.39 is 0 Å². The maximum absolute atomic E-state index is 12.7. The van der Waals surface area contributed by atoms with Crippen molar-refractivity contribution in [1.82, 2.24) is 15.1 Å². The lowest BCUT2D eigenvalue weighted by atomic mass is 10.1. The molecule has 11 heteroatoms. The standard InChI is InChI=1S/C27H31N5O5S/c1-4-5-12-32-16-19(15-24(32)33)26(35)28-20-9-7-18(8-10-20)25(34)29-27-31-30-23(38-27)14-17-6-11-21(36-2)22(13-17)37-3/h6-11,13,19H,4-5,12,14-16H2,1-3H3,(H,28,35)(H,29,31,34). The van der Waals surface area contributed by atoms with E-state index in [9.17, 15) is 14.4 Å². The highest BCUT2D eigenvalue weighted by atomic mass is 32.1. The molecular weight excluding hydrogens is 506 g/mol. The van der Waals surface area contributed by atoms with Gasteiger partial charge in [-0.05, 0) is 48.4 Å². The minimum Gasteiger partial charge on any atom is -0.493 e. The molecule has 10 nitrogen and oxygen atoms in total. The first-order valence-electron chi connectivity index (χ1n) is 12.4. The monoisotopic (exact) mass is 537 g/mol. The van der Waals surface area contributed by atoms with Gasteiger partial charge in [-0.15, -0.1) is 10.2 Å². The third-order valence-corrected chi connectivity index (χ3v) is 7.11. The van der Waals surface area contributed by atoms with Gasteiger partial charge in [-0.1, -0.05) is 30.7 Å². The Morgan fingerprint density at radius 2 is 1.82 bits per heavy atom. The third-order valence-electron chi connectivity index (χ3n) is 6.27. The van der Waals surface area contributed by atoms with Crippen LogP contribution in [0.15, 0.2) is 42.5 Å². The zero-order chi connectivity index (χ0) is 27.1. The minimum atomic E-state index is -0.368. The molecule has 2 heterocycles. The number of likely N-dealkylation sites (tertiary alicyclic amines) is 1. The van der Waals surface area contributed by atoms with Crippen LogP contribution in [-0.2, 0) is 16.0 Å². The Morgan fingerprint density at radius 1 is 1.05 bits per heavy atom. The summed E-state index contributed by atoms with van der Waals surface area (Å²) < 4.78 is 10.6. The number of hydrogen-bond donors (Lipinski definition) is 2. The van der Waals surface area contributed by atoms with Crippen LogP contribution in [0.25, 0.3) is 0 Å². The number of aromatic nitrogens is 2. The lowest BCUT2D eigenvalue weighted by Crippen LogP contribution is -2.29. The van der Waals surface area contributed by atoms with Crippen molar-refractivity contribution in [3.8, 4) is 11.5 Å². The van der Waals surface area contributed by atoms with Crippen LogP contribution in [0.1, 0.15) is 47.1 Å². The molecule has 2 N–H and O–H groups in total. The van der Waals surface area contributed by atoms with E-state index in [0.29, 0.717) is 47.4 Å². The summed E-state index contributed by atoms with van der Waals surface area (Å²) in [7, 11) is 3.17. The maximum atomic E-state index is 12.7. The highest BCUT2D eigenvalue weighted by Gasteiger charge is 2.33. The Morgan fingerprint density at radius 3 is 2.53 bits per heavy atom. The number of anilines is 2. The van der Waals surface area contributed by atoms with E-state index in [1.165, 1.54) is 11.3 Å². The molecule has 1 fully saturated rings. The van der Waals surface area contributed by atoms with Crippen molar-refractivity contribution < 1.29 is 23.9 Å². The smallest absolute Gasteiger partial charge is 0.257 e. The van der Waals surface area contributed by atoms with Crippen LogP contribution in [0.2, 0.25) is 0 Å². The highest BCUT2D eigenvalue weighted by Crippen LogP contribution is 2.29. The Bertz CT molecular complexity index is 1290. The number of unbranched alkanes of at least 4 members (excludes halogenated alkanes) is 1. The van der Waals surface area contributed by atoms with Crippen LogP contribution in [-0.4, -0.2) is 60.1 Å². The van der Waals surface area contributed by atoms with Crippen LogP contribution in [0.5, 0.6) is 11.5 Å². The average Bonchev–Trinajstić information content (AvgIpc) is 3.53. The SMILES string of the molecule is CCCCN1CC(C(=O)Nc2ccc(C(=O)Nc3nnc(Cc4ccc(OC)c(OC)c4)s3)cc2)CC1=O. The summed E-state index contributed by atoms with van der Waals surface area (Å²) >= 11 is 1.29. The number of hydrogen-bond acceptors (Lipinski definition) is 8. The number of amides is 3. The normalized spacial score (nSPS) is 14.9. The topological polar surface area (TPSA) is 123 Å². The van der Waals surface area contributed by atoms with Gasteiger partial charge in [-0.2, -0.15) is 0 Å².